The van der Waals surface area contributed by atoms with Crippen LogP contribution in [0.15, 0.2) is 66.0 Å². The third-order valence-electron chi connectivity index (χ3n) is 4.23. The normalized spacial score (nSPS) is 10.5. The number of hydrogen-bond donors (Lipinski definition) is 3. The number of hydrogen-bond acceptors (Lipinski definition) is 5. The third-order valence-corrected chi connectivity index (χ3v) is 5.09. The molecule has 2 aromatic carbocycles. The fourth-order valence-corrected chi connectivity index (χ4v) is 3.49. The Morgan fingerprint density at radius 3 is 2.42 bits per heavy atom. The molecule has 0 unspecified atom stereocenters. The van der Waals surface area contributed by atoms with Gasteiger partial charge in [0, 0.05) is 18.4 Å². The molecule has 0 aliphatic carbocycles. The maximum Gasteiger partial charge on any atom is 0.318 e. The van der Waals surface area contributed by atoms with E-state index in [1.165, 1.54) is 35.2 Å². The van der Waals surface area contributed by atoms with Crippen LogP contribution in [0.5, 0.6) is 0 Å². The summed E-state index contributed by atoms with van der Waals surface area (Å²) < 4.78 is 14.9. The number of benzene rings is 2. The molecule has 0 atom stereocenters. The molecule has 8 nitrogen and oxygen atoms in total. The summed E-state index contributed by atoms with van der Waals surface area (Å²) in [6.45, 7) is 0. The number of halogens is 1. The molecule has 3 amide bonds. The van der Waals surface area contributed by atoms with Crippen LogP contribution in [0.2, 0.25) is 0 Å². The summed E-state index contributed by atoms with van der Waals surface area (Å²) in [4.78, 5) is 29.5. The van der Waals surface area contributed by atoms with Crippen molar-refractivity contribution in [2.45, 2.75) is 0 Å². The van der Waals surface area contributed by atoms with Crippen LogP contribution in [-0.4, -0.2) is 33.8 Å². The van der Waals surface area contributed by atoms with Gasteiger partial charge in [-0.05, 0) is 53.9 Å². The summed E-state index contributed by atoms with van der Waals surface area (Å²) in [5.74, 6) is -0.459. The van der Waals surface area contributed by atoms with Gasteiger partial charge < -0.3 is 16.0 Å². The van der Waals surface area contributed by atoms with Gasteiger partial charge in [0.1, 0.15) is 5.82 Å². The second-order valence-corrected chi connectivity index (χ2v) is 7.31. The van der Waals surface area contributed by atoms with Crippen LogP contribution < -0.4 is 16.0 Å². The van der Waals surface area contributed by atoms with E-state index in [1.54, 1.807) is 36.4 Å². The summed E-state index contributed by atoms with van der Waals surface area (Å²) in [6.07, 6.45) is 0. The first-order valence-corrected chi connectivity index (χ1v) is 10.1. The summed E-state index contributed by atoms with van der Waals surface area (Å²) in [6, 6.07) is 15.8. The van der Waals surface area contributed by atoms with Crippen LogP contribution in [0.25, 0.3) is 16.4 Å². The molecular formula is C21H17FN6O2S. The predicted molar refractivity (Wildman–Crippen MR) is 117 cm³/mol. The molecule has 0 radical (unpaired) electrons. The van der Waals surface area contributed by atoms with Gasteiger partial charge in [0.2, 0.25) is 5.82 Å². The lowest BCUT2D eigenvalue weighted by atomic mass is 10.2. The van der Waals surface area contributed by atoms with Crippen molar-refractivity contribution >= 4 is 34.6 Å². The zero-order valence-corrected chi connectivity index (χ0v) is 17.1. The van der Waals surface area contributed by atoms with Crippen molar-refractivity contribution in [1.29, 1.82) is 0 Å². The minimum absolute atomic E-state index is 0.0441. The summed E-state index contributed by atoms with van der Waals surface area (Å²) in [5, 5.41) is 14.1. The van der Waals surface area contributed by atoms with E-state index < -0.39 is 5.91 Å². The average Bonchev–Trinajstić information content (AvgIpc) is 3.44. The highest BCUT2D eigenvalue weighted by atomic mass is 32.1. The van der Waals surface area contributed by atoms with E-state index in [1.807, 2.05) is 17.5 Å². The maximum atomic E-state index is 13.3. The highest BCUT2D eigenvalue weighted by molar-refractivity contribution is 7.13. The second kappa shape index (κ2) is 8.76. The van der Waals surface area contributed by atoms with E-state index in [-0.39, 0.29) is 17.7 Å². The van der Waals surface area contributed by atoms with Crippen molar-refractivity contribution in [3.63, 3.8) is 0 Å². The van der Waals surface area contributed by atoms with Crippen molar-refractivity contribution in [2.75, 3.05) is 17.7 Å². The molecule has 4 rings (SSSR count). The largest absolute Gasteiger partial charge is 0.341 e. The van der Waals surface area contributed by atoms with Crippen molar-refractivity contribution in [1.82, 2.24) is 20.1 Å². The molecule has 0 aliphatic heterocycles. The highest BCUT2D eigenvalue weighted by Crippen LogP contribution is 2.26. The molecule has 2 heterocycles. The molecular weight excluding hydrogens is 419 g/mol. The average molecular weight is 436 g/mol. The monoisotopic (exact) mass is 436 g/mol. The van der Waals surface area contributed by atoms with Gasteiger partial charge in [-0.2, -0.15) is 0 Å². The summed E-state index contributed by atoms with van der Waals surface area (Å²) in [7, 11) is 1.51. The summed E-state index contributed by atoms with van der Waals surface area (Å²) >= 11 is 1.45. The van der Waals surface area contributed by atoms with Crippen LogP contribution in [0.1, 0.15) is 10.6 Å². The fourth-order valence-electron chi connectivity index (χ4n) is 2.79. The van der Waals surface area contributed by atoms with Crippen molar-refractivity contribution in [3.8, 4) is 16.4 Å². The van der Waals surface area contributed by atoms with Gasteiger partial charge in [0.15, 0.2) is 5.82 Å². The molecule has 0 saturated heterocycles. The Morgan fingerprint density at radius 1 is 1.00 bits per heavy atom. The van der Waals surface area contributed by atoms with Crippen LogP contribution in [0, 0.1) is 5.82 Å². The standard InChI is InChI=1S/C21H17FN6O2S/c1-23-21(30)25-15-5-2-4-14(12-15)24-20(29)18-26-19(17-6-3-11-31-17)28(27-18)16-9-7-13(22)8-10-16/h2-12H,1H3,(H,24,29)(H2,23,25,30). The molecule has 31 heavy (non-hydrogen) atoms. The van der Waals surface area contributed by atoms with E-state index in [0.717, 1.165) is 4.88 Å². The zero-order valence-electron chi connectivity index (χ0n) is 16.3. The number of rotatable bonds is 5. The quantitative estimate of drug-likeness (QED) is 0.438. The number of nitrogens with zero attached hydrogens (tertiary/aromatic N) is 3. The van der Waals surface area contributed by atoms with E-state index >= 15 is 0 Å². The van der Waals surface area contributed by atoms with Gasteiger partial charge in [-0.15, -0.1) is 16.4 Å². The first kappa shape index (κ1) is 20.2. The number of amides is 3. The molecule has 2 aromatic heterocycles. The Labute approximate surface area is 180 Å². The number of carbonyl (C=O) groups excluding carboxylic acids is 2. The Bertz CT molecular complexity index is 1220. The van der Waals surface area contributed by atoms with Crippen LogP contribution in [-0.2, 0) is 0 Å². The second-order valence-electron chi connectivity index (χ2n) is 6.36. The topological polar surface area (TPSA) is 101 Å². The molecule has 0 aliphatic rings. The number of carbonyl (C=O) groups is 2. The lowest BCUT2D eigenvalue weighted by Crippen LogP contribution is -2.24. The molecule has 0 bridgehead atoms. The van der Waals surface area contributed by atoms with Crippen molar-refractivity contribution < 1.29 is 14.0 Å². The lowest BCUT2D eigenvalue weighted by molar-refractivity contribution is 0.101. The van der Waals surface area contributed by atoms with Gasteiger partial charge in [-0.3, -0.25) is 4.79 Å². The third kappa shape index (κ3) is 4.59. The van der Waals surface area contributed by atoms with Crippen molar-refractivity contribution in [3.05, 3.63) is 77.7 Å². The Hall–Kier alpha value is -4.05. The predicted octanol–water partition coefficient (Wildman–Crippen LogP) is 4.14. The number of thiophene rings is 1. The molecule has 156 valence electrons. The highest BCUT2D eigenvalue weighted by Gasteiger charge is 2.19. The van der Waals surface area contributed by atoms with E-state index in [2.05, 4.69) is 26.0 Å². The smallest absolute Gasteiger partial charge is 0.318 e. The first-order valence-electron chi connectivity index (χ1n) is 9.20. The molecule has 10 heteroatoms. The van der Waals surface area contributed by atoms with E-state index in [0.29, 0.717) is 22.9 Å². The SMILES string of the molecule is CNC(=O)Nc1cccc(NC(=O)c2nc(-c3cccs3)n(-c3ccc(F)cc3)n2)c1. The maximum absolute atomic E-state index is 13.3. The van der Waals surface area contributed by atoms with E-state index in [9.17, 15) is 14.0 Å². The van der Waals surface area contributed by atoms with Gasteiger partial charge in [-0.25, -0.2) is 18.9 Å². The Kier molecular flexibility index (Phi) is 5.72. The van der Waals surface area contributed by atoms with Gasteiger partial charge in [-0.1, -0.05) is 12.1 Å². The number of aromatic nitrogens is 3. The number of nitrogens with one attached hydrogen (secondary N) is 3. The number of anilines is 2. The number of urea groups is 1. The molecule has 0 saturated carbocycles. The van der Waals surface area contributed by atoms with E-state index in [4.69, 9.17) is 0 Å². The lowest BCUT2D eigenvalue weighted by Gasteiger charge is -2.07. The first-order chi connectivity index (χ1) is 15.0. The molecule has 0 fully saturated rings. The minimum atomic E-state index is -0.518. The minimum Gasteiger partial charge on any atom is -0.341 e. The Balaban J connectivity index is 1.63. The van der Waals surface area contributed by atoms with Gasteiger partial charge in [0.25, 0.3) is 5.91 Å². The van der Waals surface area contributed by atoms with Crippen LogP contribution in [0.3, 0.4) is 0 Å². The Morgan fingerprint density at radius 2 is 1.74 bits per heavy atom. The molecule has 3 N–H and O–H groups in total. The van der Waals surface area contributed by atoms with Crippen LogP contribution >= 0.6 is 11.3 Å². The molecule has 4 aromatic rings. The van der Waals surface area contributed by atoms with Crippen molar-refractivity contribution in [2.24, 2.45) is 0 Å². The zero-order chi connectivity index (χ0) is 21.8. The van der Waals surface area contributed by atoms with Gasteiger partial charge >= 0.3 is 6.03 Å². The molecule has 0 spiro atoms. The van der Waals surface area contributed by atoms with Gasteiger partial charge in [0.05, 0.1) is 10.6 Å². The summed E-state index contributed by atoms with van der Waals surface area (Å²) in [5.41, 5.74) is 1.56. The van der Waals surface area contributed by atoms with Crippen LogP contribution in [0.4, 0.5) is 20.6 Å². The fraction of sp³-hybridized carbons (Fsp3) is 0.0476.